The molecule has 1 heterocycles. The maximum atomic E-state index is 11.9. The van der Waals surface area contributed by atoms with Gasteiger partial charge in [-0.1, -0.05) is 11.6 Å². The summed E-state index contributed by atoms with van der Waals surface area (Å²) in [6.07, 6.45) is 0. The van der Waals surface area contributed by atoms with E-state index < -0.39 is 11.8 Å². The zero-order valence-electron chi connectivity index (χ0n) is 10.6. The first-order chi connectivity index (χ1) is 9.61. The summed E-state index contributed by atoms with van der Waals surface area (Å²) in [4.78, 5) is 25.1. The number of rotatable bonds is 1. The number of carbonyl (C=O) groups is 2. The van der Waals surface area contributed by atoms with E-state index in [9.17, 15) is 9.59 Å². The lowest BCUT2D eigenvalue weighted by Crippen LogP contribution is -2.45. The standard InChI is InChI=1S/C13H12ClN3O3/c14-11-7-10(2-1-9(11)8-15)16-12(18)13(19)17-3-5-20-6-4-17/h1-2,7H,3-6H2,(H,16,18). The van der Waals surface area contributed by atoms with Crippen LogP contribution in [-0.2, 0) is 14.3 Å². The highest BCUT2D eigenvalue weighted by atomic mass is 35.5. The first kappa shape index (κ1) is 14.3. The third-order valence-corrected chi connectivity index (χ3v) is 3.15. The van der Waals surface area contributed by atoms with E-state index in [1.165, 1.54) is 23.1 Å². The Balaban J connectivity index is 2.02. The Morgan fingerprint density at radius 2 is 2.05 bits per heavy atom. The van der Waals surface area contributed by atoms with Crippen LogP contribution in [0.4, 0.5) is 5.69 Å². The molecular formula is C13H12ClN3O3. The number of nitriles is 1. The molecule has 0 spiro atoms. The molecule has 1 aliphatic rings. The molecule has 0 bridgehead atoms. The predicted octanol–water partition coefficient (Wildman–Crippen LogP) is 1.01. The molecule has 1 fully saturated rings. The smallest absolute Gasteiger partial charge is 0.313 e. The van der Waals surface area contributed by atoms with Crippen molar-refractivity contribution in [1.82, 2.24) is 4.90 Å². The number of hydrogen-bond donors (Lipinski definition) is 1. The van der Waals surface area contributed by atoms with E-state index in [4.69, 9.17) is 21.6 Å². The summed E-state index contributed by atoms with van der Waals surface area (Å²) in [5.41, 5.74) is 0.685. The summed E-state index contributed by atoms with van der Waals surface area (Å²) in [6, 6.07) is 6.36. The largest absolute Gasteiger partial charge is 0.378 e. The SMILES string of the molecule is N#Cc1ccc(NC(=O)C(=O)N2CCOCC2)cc1Cl. The summed E-state index contributed by atoms with van der Waals surface area (Å²) >= 11 is 5.86. The number of morpholine rings is 1. The third-order valence-electron chi connectivity index (χ3n) is 2.84. The van der Waals surface area contributed by atoms with Gasteiger partial charge in [0.2, 0.25) is 0 Å². The molecule has 104 valence electrons. The molecule has 0 aromatic heterocycles. The Morgan fingerprint density at radius 1 is 1.35 bits per heavy atom. The van der Waals surface area contributed by atoms with Gasteiger partial charge in [-0.2, -0.15) is 5.26 Å². The van der Waals surface area contributed by atoms with Crippen LogP contribution in [-0.4, -0.2) is 43.0 Å². The van der Waals surface area contributed by atoms with Crippen LogP contribution in [0.2, 0.25) is 5.02 Å². The Bertz CT molecular complexity index is 577. The van der Waals surface area contributed by atoms with Crippen molar-refractivity contribution in [1.29, 1.82) is 5.26 Å². The van der Waals surface area contributed by atoms with Crippen LogP contribution >= 0.6 is 11.6 Å². The number of benzene rings is 1. The minimum atomic E-state index is -0.729. The van der Waals surface area contributed by atoms with Gasteiger partial charge in [0, 0.05) is 18.8 Å². The van der Waals surface area contributed by atoms with Gasteiger partial charge in [-0.15, -0.1) is 0 Å². The van der Waals surface area contributed by atoms with Gasteiger partial charge in [0.1, 0.15) is 6.07 Å². The van der Waals surface area contributed by atoms with Gasteiger partial charge < -0.3 is 15.0 Å². The molecule has 1 aromatic rings. The van der Waals surface area contributed by atoms with Gasteiger partial charge in [-0.25, -0.2) is 0 Å². The molecule has 20 heavy (non-hydrogen) atoms. The number of nitrogens with zero attached hydrogens (tertiary/aromatic N) is 2. The first-order valence-corrected chi connectivity index (χ1v) is 6.37. The number of halogens is 1. The van der Waals surface area contributed by atoms with E-state index in [0.717, 1.165) is 0 Å². The van der Waals surface area contributed by atoms with Gasteiger partial charge in [-0.3, -0.25) is 9.59 Å². The Kier molecular flexibility index (Phi) is 4.56. The highest BCUT2D eigenvalue weighted by Crippen LogP contribution is 2.20. The van der Waals surface area contributed by atoms with E-state index in [0.29, 0.717) is 37.6 Å². The molecule has 0 aliphatic carbocycles. The monoisotopic (exact) mass is 293 g/mol. The van der Waals surface area contributed by atoms with E-state index in [1.807, 2.05) is 6.07 Å². The Morgan fingerprint density at radius 3 is 2.65 bits per heavy atom. The van der Waals surface area contributed by atoms with Gasteiger partial charge in [0.15, 0.2) is 0 Å². The molecule has 2 amide bonds. The molecule has 2 rings (SSSR count). The molecule has 0 saturated carbocycles. The molecule has 6 nitrogen and oxygen atoms in total. The average Bonchev–Trinajstić information content (AvgIpc) is 2.47. The molecule has 1 aliphatic heterocycles. The topological polar surface area (TPSA) is 82.4 Å². The van der Waals surface area contributed by atoms with Crippen LogP contribution in [0.5, 0.6) is 0 Å². The summed E-state index contributed by atoms with van der Waals surface area (Å²) in [5.74, 6) is -1.33. The minimum absolute atomic E-state index is 0.226. The summed E-state index contributed by atoms with van der Waals surface area (Å²) in [5, 5.41) is 11.4. The molecule has 0 unspecified atom stereocenters. The van der Waals surface area contributed by atoms with Crippen LogP contribution < -0.4 is 5.32 Å². The Labute approximate surface area is 120 Å². The molecule has 1 N–H and O–H groups in total. The molecule has 0 radical (unpaired) electrons. The number of nitrogens with one attached hydrogen (secondary N) is 1. The van der Waals surface area contributed by atoms with Crippen molar-refractivity contribution in [2.75, 3.05) is 31.6 Å². The zero-order chi connectivity index (χ0) is 14.5. The van der Waals surface area contributed by atoms with Gasteiger partial charge in [0.25, 0.3) is 0 Å². The van der Waals surface area contributed by atoms with Gasteiger partial charge in [0.05, 0.1) is 23.8 Å². The van der Waals surface area contributed by atoms with Crippen LogP contribution in [0.1, 0.15) is 5.56 Å². The lowest BCUT2D eigenvalue weighted by atomic mass is 10.2. The van der Waals surface area contributed by atoms with Gasteiger partial charge in [-0.05, 0) is 18.2 Å². The van der Waals surface area contributed by atoms with Crippen LogP contribution in [0, 0.1) is 11.3 Å². The van der Waals surface area contributed by atoms with Crippen LogP contribution in [0.15, 0.2) is 18.2 Å². The fraction of sp³-hybridized carbons (Fsp3) is 0.308. The minimum Gasteiger partial charge on any atom is -0.378 e. The van der Waals surface area contributed by atoms with E-state index in [1.54, 1.807) is 0 Å². The van der Waals surface area contributed by atoms with Crippen molar-refractivity contribution < 1.29 is 14.3 Å². The fourth-order valence-electron chi connectivity index (χ4n) is 1.78. The summed E-state index contributed by atoms with van der Waals surface area (Å²) in [7, 11) is 0. The van der Waals surface area contributed by atoms with Crippen molar-refractivity contribution in [3.05, 3.63) is 28.8 Å². The van der Waals surface area contributed by atoms with Crippen molar-refractivity contribution >= 4 is 29.1 Å². The van der Waals surface area contributed by atoms with Gasteiger partial charge >= 0.3 is 11.8 Å². The number of hydrogen-bond acceptors (Lipinski definition) is 4. The second kappa shape index (κ2) is 6.37. The number of ether oxygens (including phenoxy) is 1. The maximum Gasteiger partial charge on any atom is 0.313 e. The molecule has 1 aromatic carbocycles. The first-order valence-electron chi connectivity index (χ1n) is 5.99. The van der Waals surface area contributed by atoms with E-state index in [-0.39, 0.29) is 5.02 Å². The van der Waals surface area contributed by atoms with Crippen molar-refractivity contribution in [3.8, 4) is 6.07 Å². The van der Waals surface area contributed by atoms with Crippen molar-refractivity contribution in [3.63, 3.8) is 0 Å². The predicted molar refractivity (Wildman–Crippen MR) is 72.2 cm³/mol. The highest BCUT2D eigenvalue weighted by Gasteiger charge is 2.23. The van der Waals surface area contributed by atoms with Crippen molar-refractivity contribution in [2.24, 2.45) is 0 Å². The fourth-order valence-corrected chi connectivity index (χ4v) is 2.00. The maximum absolute atomic E-state index is 11.9. The molecular weight excluding hydrogens is 282 g/mol. The Hall–Kier alpha value is -2.10. The summed E-state index contributed by atoms with van der Waals surface area (Å²) in [6.45, 7) is 1.67. The van der Waals surface area contributed by atoms with Crippen molar-refractivity contribution in [2.45, 2.75) is 0 Å². The number of amides is 2. The quantitative estimate of drug-likeness (QED) is 0.783. The number of anilines is 1. The molecule has 7 heteroatoms. The summed E-state index contributed by atoms with van der Waals surface area (Å²) < 4.78 is 5.12. The number of carbonyl (C=O) groups excluding carboxylic acids is 2. The second-order valence-corrected chi connectivity index (χ2v) is 4.57. The molecule has 1 saturated heterocycles. The zero-order valence-corrected chi connectivity index (χ0v) is 11.3. The normalized spacial score (nSPS) is 14.5. The lowest BCUT2D eigenvalue weighted by molar-refractivity contribution is -0.145. The highest BCUT2D eigenvalue weighted by molar-refractivity contribution is 6.39. The van der Waals surface area contributed by atoms with E-state index >= 15 is 0 Å². The molecule has 0 atom stereocenters. The van der Waals surface area contributed by atoms with E-state index in [2.05, 4.69) is 5.32 Å². The average molecular weight is 294 g/mol. The van der Waals surface area contributed by atoms with Crippen LogP contribution in [0.3, 0.4) is 0 Å². The second-order valence-electron chi connectivity index (χ2n) is 4.17. The lowest BCUT2D eigenvalue weighted by Gasteiger charge is -2.26. The third kappa shape index (κ3) is 3.26. The van der Waals surface area contributed by atoms with Crippen LogP contribution in [0.25, 0.3) is 0 Å².